The molecular formula is C25H29N3O2S. The average molecular weight is 436 g/mol. The van der Waals surface area contributed by atoms with Crippen molar-refractivity contribution in [2.75, 3.05) is 18.0 Å². The maximum atomic E-state index is 13.1. The molecule has 0 unspecified atom stereocenters. The van der Waals surface area contributed by atoms with E-state index in [0.29, 0.717) is 6.54 Å². The van der Waals surface area contributed by atoms with Gasteiger partial charge in [0.05, 0.1) is 18.4 Å². The number of aryl methyl sites for hydroxylation is 1. The third-order valence-corrected chi connectivity index (χ3v) is 6.94. The van der Waals surface area contributed by atoms with Crippen molar-refractivity contribution < 1.29 is 9.21 Å². The fraction of sp³-hybridized carbons (Fsp3) is 0.360. The van der Waals surface area contributed by atoms with E-state index in [1.54, 1.807) is 17.6 Å². The Morgan fingerprint density at radius 1 is 1.16 bits per heavy atom. The number of fused-ring (bicyclic) bond motifs is 1. The minimum Gasteiger partial charge on any atom is -0.467 e. The number of hydrogen-bond acceptors (Lipinski definition) is 5. The Morgan fingerprint density at radius 3 is 2.65 bits per heavy atom. The molecule has 0 bridgehead atoms. The molecular weight excluding hydrogens is 406 g/mol. The van der Waals surface area contributed by atoms with Crippen molar-refractivity contribution in [2.45, 2.75) is 46.1 Å². The Kier molecular flexibility index (Phi) is 6.87. The van der Waals surface area contributed by atoms with Crippen molar-refractivity contribution in [1.82, 2.24) is 5.32 Å². The zero-order valence-corrected chi connectivity index (χ0v) is 19.0. The number of thiophene rings is 1. The Balaban J connectivity index is 1.56. The van der Waals surface area contributed by atoms with E-state index in [1.165, 1.54) is 22.5 Å². The van der Waals surface area contributed by atoms with Crippen LogP contribution in [0.15, 0.2) is 52.1 Å². The van der Waals surface area contributed by atoms with E-state index in [2.05, 4.69) is 48.3 Å². The first-order valence-corrected chi connectivity index (χ1v) is 11.9. The summed E-state index contributed by atoms with van der Waals surface area (Å²) in [5, 5.41) is 3.81. The molecule has 6 heteroatoms. The van der Waals surface area contributed by atoms with Crippen LogP contribution >= 0.6 is 11.3 Å². The van der Waals surface area contributed by atoms with E-state index in [0.717, 1.165) is 54.2 Å². The molecule has 1 aliphatic rings. The molecule has 162 valence electrons. The molecule has 2 aromatic heterocycles. The number of benzene rings is 1. The number of carbonyl (C=O) groups is 1. The maximum Gasteiger partial charge on any atom is 0.255 e. The summed E-state index contributed by atoms with van der Waals surface area (Å²) in [5.74, 6) is 0.677. The lowest BCUT2D eigenvalue weighted by Crippen LogP contribution is -2.23. The standard InChI is InChI=1S/C25H29N3O2S/c1-3-28(4-2)19-13-11-18(12-14-19)16-27-25-23(21-9-5-6-10-22(21)31-25)24(29)26-17-20-8-7-15-30-20/h7-8,11-16H,3-6,9-10,17H2,1-2H3,(H,26,29). The van der Waals surface area contributed by atoms with E-state index in [9.17, 15) is 4.79 Å². The van der Waals surface area contributed by atoms with Gasteiger partial charge in [0.1, 0.15) is 10.8 Å². The minimum absolute atomic E-state index is 0.0696. The molecule has 0 aliphatic heterocycles. The predicted molar refractivity (Wildman–Crippen MR) is 128 cm³/mol. The largest absolute Gasteiger partial charge is 0.467 e. The summed E-state index contributed by atoms with van der Waals surface area (Å²) < 4.78 is 5.35. The third-order valence-electron chi connectivity index (χ3n) is 5.74. The number of hydrogen-bond donors (Lipinski definition) is 1. The minimum atomic E-state index is -0.0696. The molecule has 1 amide bonds. The molecule has 0 saturated carbocycles. The summed E-state index contributed by atoms with van der Waals surface area (Å²) in [6.45, 7) is 6.68. The number of aliphatic imine (C=N–C) groups is 1. The fourth-order valence-corrected chi connectivity index (χ4v) is 5.27. The first-order chi connectivity index (χ1) is 15.2. The van der Waals surface area contributed by atoms with Crippen molar-refractivity contribution in [1.29, 1.82) is 0 Å². The van der Waals surface area contributed by atoms with Crippen LogP contribution < -0.4 is 10.2 Å². The number of nitrogens with one attached hydrogen (secondary N) is 1. The van der Waals surface area contributed by atoms with Gasteiger partial charge in [-0.25, -0.2) is 4.99 Å². The van der Waals surface area contributed by atoms with Crippen molar-refractivity contribution in [3.63, 3.8) is 0 Å². The zero-order valence-electron chi connectivity index (χ0n) is 18.2. The topological polar surface area (TPSA) is 57.8 Å². The van der Waals surface area contributed by atoms with E-state index in [1.807, 2.05) is 18.3 Å². The fourth-order valence-electron chi connectivity index (χ4n) is 4.04. The van der Waals surface area contributed by atoms with E-state index in [-0.39, 0.29) is 5.91 Å². The number of amides is 1. The molecule has 1 aromatic carbocycles. The second kappa shape index (κ2) is 9.96. The van der Waals surface area contributed by atoms with Crippen LogP contribution in [0, 0.1) is 0 Å². The number of rotatable bonds is 8. The van der Waals surface area contributed by atoms with Crippen LogP contribution in [0.1, 0.15) is 58.8 Å². The molecule has 2 heterocycles. The highest BCUT2D eigenvalue weighted by atomic mass is 32.1. The van der Waals surface area contributed by atoms with Gasteiger partial charge in [0.25, 0.3) is 5.91 Å². The molecule has 0 fully saturated rings. The first-order valence-electron chi connectivity index (χ1n) is 11.0. The zero-order chi connectivity index (χ0) is 21.6. The van der Waals surface area contributed by atoms with E-state index in [4.69, 9.17) is 9.41 Å². The smallest absolute Gasteiger partial charge is 0.255 e. The van der Waals surface area contributed by atoms with Gasteiger partial charge in [0.15, 0.2) is 0 Å². The summed E-state index contributed by atoms with van der Waals surface area (Å²) >= 11 is 1.66. The lowest BCUT2D eigenvalue weighted by molar-refractivity contribution is 0.0948. The second-order valence-corrected chi connectivity index (χ2v) is 8.76. The number of furan rings is 1. The Labute approximate surface area is 187 Å². The number of nitrogens with zero attached hydrogens (tertiary/aromatic N) is 2. The SMILES string of the molecule is CCN(CC)c1ccc(C=Nc2sc3c(c2C(=O)NCc2ccco2)CCCC3)cc1. The van der Waals surface area contributed by atoms with Gasteiger partial charge in [0, 0.05) is 29.9 Å². The lowest BCUT2D eigenvalue weighted by Gasteiger charge is -2.20. The van der Waals surface area contributed by atoms with Crippen molar-refractivity contribution in [3.05, 3.63) is 70.0 Å². The van der Waals surface area contributed by atoms with E-state index < -0.39 is 0 Å². The summed E-state index contributed by atoms with van der Waals surface area (Å²) in [4.78, 5) is 21.4. The van der Waals surface area contributed by atoms with Crippen LogP contribution in [0.3, 0.4) is 0 Å². The quantitative estimate of drug-likeness (QED) is 0.459. The van der Waals surface area contributed by atoms with Crippen LogP contribution in [-0.4, -0.2) is 25.2 Å². The van der Waals surface area contributed by atoms with Gasteiger partial charge < -0.3 is 14.6 Å². The molecule has 3 aromatic rings. The summed E-state index contributed by atoms with van der Waals surface area (Å²) in [7, 11) is 0. The van der Waals surface area contributed by atoms with Crippen LogP contribution in [-0.2, 0) is 19.4 Å². The average Bonchev–Trinajstić information content (AvgIpc) is 3.45. The lowest BCUT2D eigenvalue weighted by atomic mass is 9.95. The summed E-state index contributed by atoms with van der Waals surface area (Å²) in [5.41, 5.74) is 4.16. The molecule has 0 spiro atoms. The second-order valence-electron chi connectivity index (χ2n) is 7.68. The van der Waals surface area contributed by atoms with Gasteiger partial charge in [-0.3, -0.25) is 4.79 Å². The van der Waals surface area contributed by atoms with Crippen LogP contribution in [0.5, 0.6) is 0 Å². The molecule has 5 nitrogen and oxygen atoms in total. The number of anilines is 1. The summed E-state index contributed by atoms with van der Waals surface area (Å²) in [6, 6.07) is 12.1. The Morgan fingerprint density at radius 2 is 1.94 bits per heavy atom. The van der Waals surface area contributed by atoms with Gasteiger partial charge in [0.2, 0.25) is 0 Å². The molecule has 1 N–H and O–H groups in total. The third kappa shape index (κ3) is 4.90. The highest BCUT2D eigenvalue weighted by molar-refractivity contribution is 7.16. The van der Waals surface area contributed by atoms with Crippen LogP contribution in [0.2, 0.25) is 0 Å². The predicted octanol–water partition coefficient (Wildman–Crippen LogP) is 5.75. The molecule has 31 heavy (non-hydrogen) atoms. The van der Waals surface area contributed by atoms with Gasteiger partial charge >= 0.3 is 0 Å². The van der Waals surface area contributed by atoms with Gasteiger partial charge in [-0.1, -0.05) is 12.1 Å². The molecule has 1 aliphatic carbocycles. The first kappa shape index (κ1) is 21.4. The van der Waals surface area contributed by atoms with Gasteiger partial charge in [-0.2, -0.15) is 0 Å². The highest BCUT2D eigenvalue weighted by Crippen LogP contribution is 2.39. The van der Waals surface area contributed by atoms with E-state index >= 15 is 0 Å². The van der Waals surface area contributed by atoms with Crippen molar-refractivity contribution in [2.24, 2.45) is 4.99 Å². The van der Waals surface area contributed by atoms with Gasteiger partial charge in [-0.05, 0) is 74.9 Å². The molecule has 4 rings (SSSR count). The molecule has 0 atom stereocenters. The molecule has 0 radical (unpaired) electrons. The van der Waals surface area contributed by atoms with Crippen molar-refractivity contribution >= 4 is 34.1 Å². The monoisotopic (exact) mass is 435 g/mol. The van der Waals surface area contributed by atoms with Crippen molar-refractivity contribution in [3.8, 4) is 0 Å². The normalized spacial score (nSPS) is 13.4. The van der Waals surface area contributed by atoms with Crippen LogP contribution in [0.25, 0.3) is 0 Å². The summed E-state index contributed by atoms with van der Waals surface area (Å²) in [6.07, 6.45) is 7.77. The Bertz CT molecular complexity index is 1030. The Hall–Kier alpha value is -2.86. The van der Waals surface area contributed by atoms with Crippen LogP contribution in [0.4, 0.5) is 10.7 Å². The number of carbonyl (C=O) groups excluding carboxylic acids is 1. The maximum absolute atomic E-state index is 13.1. The highest BCUT2D eigenvalue weighted by Gasteiger charge is 2.25. The molecule has 0 saturated heterocycles. The van der Waals surface area contributed by atoms with Gasteiger partial charge in [-0.15, -0.1) is 11.3 Å².